The zero-order chi connectivity index (χ0) is 14.0. The Bertz CT molecular complexity index is 582. The quantitative estimate of drug-likeness (QED) is 0.806. The molecule has 0 saturated carbocycles. The van der Waals surface area contributed by atoms with E-state index in [0.717, 1.165) is 16.8 Å². The summed E-state index contributed by atoms with van der Waals surface area (Å²) in [6.07, 6.45) is 1.65. The van der Waals surface area contributed by atoms with E-state index in [4.69, 9.17) is 23.2 Å². The highest BCUT2D eigenvalue weighted by Crippen LogP contribution is 2.28. The van der Waals surface area contributed by atoms with Crippen LogP contribution in [-0.4, -0.2) is 4.98 Å². The summed E-state index contributed by atoms with van der Waals surface area (Å²) >= 11 is 11.7. The van der Waals surface area contributed by atoms with E-state index in [-0.39, 0.29) is 11.1 Å². The molecular formula is C14H13Cl2FN2. The lowest BCUT2D eigenvalue weighted by atomic mass is 10.1. The zero-order valence-electron chi connectivity index (χ0n) is 10.5. The standard InChI is InChI=1S/C14H13Cl2FN2/c1-8-5-6-18-14(16)13(8)19-9(2)10-3-4-11(15)12(17)7-10/h3-7,9,19H,1-2H3. The Kier molecular flexibility index (Phi) is 4.27. The van der Waals surface area contributed by atoms with Crippen molar-refractivity contribution >= 4 is 28.9 Å². The topological polar surface area (TPSA) is 24.9 Å². The Morgan fingerprint density at radius 3 is 2.63 bits per heavy atom. The van der Waals surface area contributed by atoms with Crippen LogP contribution < -0.4 is 5.32 Å². The number of rotatable bonds is 3. The number of hydrogen-bond acceptors (Lipinski definition) is 2. The average Bonchev–Trinajstić information content (AvgIpc) is 2.37. The Morgan fingerprint density at radius 2 is 2.00 bits per heavy atom. The van der Waals surface area contributed by atoms with Crippen LogP contribution in [-0.2, 0) is 0 Å². The summed E-state index contributed by atoms with van der Waals surface area (Å²) in [5.41, 5.74) is 2.54. The third-order valence-electron chi connectivity index (χ3n) is 2.92. The number of nitrogens with one attached hydrogen (secondary N) is 1. The molecule has 1 heterocycles. The lowest BCUT2D eigenvalue weighted by Gasteiger charge is -2.18. The van der Waals surface area contributed by atoms with Gasteiger partial charge in [-0.25, -0.2) is 9.37 Å². The van der Waals surface area contributed by atoms with Crippen molar-refractivity contribution in [3.8, 4) is 0 Å². The molecule has 1 unspecified atom stereocenters. The Balaban J connectivity index is 2.25. The van der Waals surface area contributed by atoms with Crippen LogP contribution in [0.3, 0.4) is 0 Å². The molecule has 2 rings (SSSR count). The number of aromatic nitrogens is 1. The van der Waals surface area contributed by atoms with E-state index in [1.54, 1.807) is 18.3 Å². The maximum absolute atomic E-state index is 13.4. The highest BCUT2D eigenvalue weighted by atomic mass is 35.5. The van der Waals surface area contributed by atoms with Gasteiger partial charge in [0, 0.05) is 12.2 Å². The fourth-order valence-electron chi connectivity index (χ4n) is 1.78. The molecule has 0 fully saturated rings. The normalized spacial score (nSPS) is 12.3. The molecule has 0 saturated heterocycles. The second-order valence-electron chi connectivity index (χ2n) is 4.33. The fraction of sp³-hybridized carbons (Fsp3) is 0.214. The first-order valence-electron chi connectivity index (χ1n) is 5.81. The van der Waals surface area contributed by atoms with Crippen molar-refractivity contribution in [2.45, 2.75) is 19.9 Å². The number of pyridine rings is 1. The molecule has 0 bridgehead atoms. The Hall–Kier alpha value is -1.32. The van der Waals surface area contributed by atoms with E-state index in [9.17, 15) is 4.39 Å². The Labute approximate surface area is 121 Å². The minimum absolute atomic E-state index is 0.104. The number of anilines is 1. The summed E-state index contributed by atoms with van der Waals surface area (Å²) in [5.74, 6) is -0.429. The predicted molar refractivity (Wildman–Crippen MR) is 77.4 cm³/mol. The van der Waals surface area contributed by atoms with Gasteiger partial charge in [-0.05, 0) is 43.2 Å². The molecule has 0 amide bonds. The summed E-state index contributed by atoms with van der Waals surface area (Å²) in [7, 11) is 0. The largest absolute Gasteiger partial charge is 0.376 e. The number of hydrogen-bond donors (Lipinski definition) is 1. The zero-order valence-corrected chi connectivity index (χ0v) is 12.1. The molecule has 5 heteroatoms. The lowest BCUT2D eigenvalue weighted by molar-refractivity contribution is 0.624. The Morgan fingerprint density at radius 1 is 1.26 bits per heavy atom. The van der Waals surface area contributed by atoms with Gasteiger partial charge in [0.25, 0.3) is 0 Å². The molecule has 100 valence electrons. The minimum Gasteiger partial charge on any atom is -0.376 e. The van der Waals surface area contributed by atoms with Gasteiger partial charge < -0.3 is 5.32 Å². The summed E-state index contributed by atoms with van der Waals surface area (Å²) in [4.78, 5) is 4.03. The van der Waals surface area contributed by atoms with Crippen LogP contribution in [0.4, 0.5) is 10.1 Å². The molecule has 0 aliphatic heterocycles. The summed E-state index contributed by atoms with van der Waals surface area (Å²) in [5, 5.41) is 3.76. The van der Waals surface area contributed by atoms with Gasteiger partial charge >= 0.3 is 0 Å². The van der Waals surface area contributed by atoms with Crippen LogP contribution in [0.5, 0.6) is 0 Å². The van der Waals surface area contributed by atoms with Gasteiger partial charge in [-0.3, -0.25) is 0 Å². The van der Waals surface area contributed by atoms with Gasteiger partial charge in [0.2, 0.25) is 0 Å². The third kappa shape index (κ3) is 3.17. The maximum Gasteiger partial charge on any atom is 0.152 e. The summed E-state index contributed by atoms with van der Waals surface area (Å²) < 4.78 is 13.4. The molecular weight excluding hydrogens is 286 g/mol. The van der Waals surface area contributed by atoms with E-state index >= 15 is 0 Å². The monoisotopic (exact) mass is 298 g/mol. The van der Waals surface area contributed by atoms with Crippen molar-refractivity contribution in [1.29, 1.82) is 0 Å². The molecule has 0 aliphatic rings. The van der Waals surface area contributed by atoms with Gasteiger partial charge in [-0.1, -0.05) is 29.3 Å². The molecule has 19 heavy (non-hydrogen) atoms. The van der Waals surface area contributed by atoms with E-state index in [2.05, 4.69) is 10.3 Å². The highest BCUT2D eigenvalue weighted by Gasteiger charge is 2.12. The lowest BCUT2D eigenvalue weighted by Crippen LogP contribution is -2.09. The van der Waals surface area contributed by atoms with Gasteiger partial charge in [0.15, 0.2) is 5.15 Å². The summed E-state index contributed by atoms with van der Waals surface area (Å²) in [6, 6.07) is 6.50. The van der Waals surface area contributed by atoms with E-state index in [1.165, 1.54) is 6.07 Å². The molecule has 1 aromatic heterocycles. The maximum atomic E-state index is 13.4. The van der Waals surface area contributed by atoms with Crippen LogP contribution in [0, 0.1) is 12.7 Å². The van der Waals surface area contributed by atoms with Gasteiger partial charge in [-0.2, -0.15) is 0 Å². The predicted octanol–water partition coefficient (Wildman–Crippen LogP) is 5.01. The molecule has 0 aliphatic carbocycles. The molecule has 0 spiro atoms. The number of benzene rings is 1. The molecule has 1 N–H and O–H groups in total. The van der Waals surface area contributed by atoms with E-state index < -0.39 is 5.82 Å². The third-order valence-corrected chi connectivity index (χ3v) is 3.51. The van der Waals surface area contributed by atoms with Crippen molar-refractivity contribution < 1.29 is 4.39 Å². The van der Waals surface area contributed by atoms with Crippen LogP contribution >= 0.6 is 23.2 Å². The fourth-order valence-corrected chi connectivity index (χ4v) is 2.16. The van der Waals surface area contributed by atoms with Gasteiger partial charge in [-0.15, -0.1) is 0 Å². The van der Waals surface area contributed by atoms with Crippen molar-refractivity contribution in [3.63, 3.8) is 0 Å². The molecule has 0 radical (unpaired) electrons. The minimum atomic E-state index is -0.429. The van der Waals surface area contributed by atoms with Crippen LogP contribution in [0.1, 0.15) is 24.1 Å². The van der Waals surface area contributed by atoms with Crippen LogP contribution in [0.15, 0.2) is 30.5 Å². The van der Waals surface area contributed by atoms with Crippen molar-refractivity contribution in [1.82, 2.24) is 4.98 Å². The molecule has 1 atom stereocenters. The smallest absolute Gasteiger partial charge is 0.152 e. The van der Waals surface area contributed by atoms with Crippen molar-refractivity contribution in [3.05, 3.63) is 57.6 Å². The number of nitrogens with zero attached hydrogens (tertiary/aromatic N) is 1. The van der Waals surface area contributed by atoms with Crippen LogP contribution in [0.2, 0.25) is 10.2 Å². The first kappa shape index (κ1) is 14.1. The molecule has 2 nitrogen and oxygen atoms in total. The van der Waals surface area contributed by atoms with Crippen molar-refractivity contribution in [2.75, 3.05) is 5.32 Å². The SMILES string of the molecule is Cc1ccnc(Cl)c1NC(C)c1ccc(Cl)c(F)c1. The highest BCUT2D eigenvalue weighted by molar-refractivity contribution is 6.32. The van der Waals surface area contributed by atoms with E-state index in [0.29, 0.717) is 5.15 Å². The van der Waals surface area contributed by atoms with Crippen molar-refractivity contribution in [2.24, 2.45) is 0 Å². The van der Waals surface area contributed by atoms with Crippen LogP contribution in [0.25, 0.3) is 0 Å². The first-order valence-corrected chi connectivity index (χ1v) is 6.57. The average molecular weight is 299 g/mol. The second kappa shape index (κ2) is 5.76. The molecule has 1 aromatic carbocycles. The van der Waals surface area contributed by atoms with E-state index in [1.807, 2.05) is 19.9 Å². The number of halogens is 3. The van der Waals surface area contributed by atoms with Gasteiger partial charge in [0.1, 0.15) is 5.82 Å². The van der Waals surface area contributed by atoms with Gasteiger partial charge in [0.05, 0.1) is 10.7 Å². The second-order valence-corrected chi connectivity index (χ2v) is 5.10. The molecule has 2 aromatic rings. The summed E-state index contributed by atoms with van der Waals surface area (Å²) in [6.45, 7) is 3.86. The first-order chi connectivity index (χ1) is 8.99. The number of aryl methyl sites for hydroxylation is 1.